The van der Waals surface area contributed by atoms with Crippen molar-refractivity contribution in [2.75, 3.05) is 5.32 Å². The van der Waals surface area contributed by atoms with Crippen molar-refractivity contribution in [2.45, 2.75) is 6.04 Å². The molecule has 3 rings (SSSR count). The third-order valence-corrected chi connectivity index (χ3v) is 4.28. The van der Waals surface area contributed by atoms with Gasteiger partial charge in [0.2, 0.25) is 0 Å². The molecule has 0 aliphatic heterocycles. The Morgan fingerprint density at radius 3 is 2.60 bits per heavy atom. The van der Waals surface area contributed by atoms with E-state index in [1.807, 2.05) is 12.1 Å². The quantitative estimate of drug-likeness (QED) is 0.477. The number of nitro benzene ring substituents is 1. The van der Waals surface area contributed by atoms with Crippen LogP contribution in [0.5, 0.6) is 0 Å². The van der Waals surface area contributed by atoms with Gasteiger partial charge in [0.15, 0.2) is 0 Å². The van der Waals surface area contributed by atoms with Crippen LogP contribution in [0.4, 0.5) is 15.8 Å². The topological polar surface area (TPSA) is 68.1 Å². The largest absolute Gasteiger partial charge is 0.372 e. The monoisotopic (exact) mass is 401 g/mol. The van der Waals surface area contributed by atoms with E-state index in [9.17, 15) is 14.5 Å². The van der Waals surface area contributed by atoms with Gasteiger partial charge in [0.1, 0.15) is 5.82 Å². The van der Waals surface area contributed by atoms with Gasteiger partial charge in [-0.2, -0.15) is 0 Å². The lowest BCUT2D eigenvalue weighted by Gasteiger charge is -2.21. The van der Waals surface area contributed by atoms with Crippen LogP contribution >= 0.6 is 15.9 Å². The van der Waals surface area contributed by atoms with Crippen molar-refractivity contribution < 1.29 is 9.31 Å². The number of hydrogen-bond donors (Lipinski definition) is 1. The summed E-state index contributed by atoms with van der Waals surface area (Å²) in [4.78, 5) is 14.8. The van der Waals surface area contributed by atoms with Crippen molar-refractivity contribution in [3.05, 3.63) is 98.5 Å². The molecule has 1 atom stereocenters. The fraction of sp³-hybridized carbons (Fsp3) is 0.0556. The Morgan fingerprint density at radius 2 is 1.96 bits per heavy atom. The van der Waals surface area contributed by atoms with Crippen LogP contribution in [0.2, 0.25) is 0 Å². The van der Waals surface area contributed by atoms with Crippen LogP contribution in [-0.2, 0) is 0 Å². The maximum atomic E-state index is 13.7. The summed E-state index contributed by atoms with van der Waals surface area (Å²) in [6.45, 7) is 0. The molecule has 7 heteroatoms. The third-order valence-electron chi connectivity index (χ3n) is 3.63. The van der Waals surface area contributed by atoms with Crippen LogP contribution in [0.15, 0.2) is 71.3 Å². The van der Waals surface area contributed by atoms with Gasteiger partial charge in [0, 0.05) is 28.5 Å². The van der Waals surface area contributed by atoms with Crippen LogP contribution in [0.1, 0.15) is 17.3 Å². The first kappa shape index (κ1) is 17.0. The van der Waals surface area contributed by atoms with E-state index in [-0.39, 0.29) is 11.5 Å². The number of hydrogen-bond acceptors (Lipinski definition) is 4. The summed E-state index contributed by atoms with van der Waals surface area (Å²) < 4.78 is 14.2. The second-order valence-corrected chi connectivity index (χ2v) is 6.16. The molecule has 25 heavy (non-hydrogen) atoms. The maximum Gasteiger partial charge on any atom is 0.270 e. The molecule has 3 aromatic rings. The Labute approximate surface area is 151 Å². The van der Waals surface area contributed by atoms with E-state index in [1.165, 1.54) is 24.3 Å². The minimum Gasteiger partial charge on any atom is -0.372 e. The van der Waals surface area contributed by atoms with E-state index in [4.69, 9.17) is 0 Å². The molecule has 1 heterocycles. The number of rotatable bonds is 5. The Balaban J connectivity index is 2.00. The van der Waals surface area contributed by atoms with E-state index < -0.39 is 11.0 Å². The molecule has 126 valence electrons. The van der Waals surface area contributed by atoms with Crippen LogP contribution in [0, 0.1) is 15.9 Å². The fourth-order valence-electron chi connectivity index (χ4n) is 2.45. The summed E-state index contributed by atoms with van der Waals surface area (Å²) in [6, 6.07) is 15.8. The minimum absolute atomic E-state index is 0.0161. The number of nitrogens with zero attached hydrogens (tertiary/aromatic N) is 2. The zero-order chi connectivity index (χ0) is 17.8. The minimum atomic E-state index is -0.461. The number of aromatic nitrogens is 1. The molecule has 1 unspecified atom stereocenters. The Hall–Kier alpha value is -2.80. The van der Waals surface area contributed by atoms with Gasteiger partial charge in [-0.3, -0.25) is 15.1 Å². The van der Waals surface area contributed by atoms with Gasteiger partial charge in [-0.15, -0.1) is 0 Å². The van der Waals surface area contributed by atoms with E-state index in [2.05, 4.69) is 26.2 Å². The normalized spacial score (nSPS) is 11.8. The Kier molecular flexibility index (Phi) is 5.04. The van der Waals surface area contributed by atoms with Crippen molar-refractivity contribution >= 4 is 27.3 Å². The first-order valence-corrected chi connectivity index (χ1v) is 8.21. The Bertz CT molecular complexity index is 906. The predicted molar refractivity (Wildman–Crippen MR) is 96.9 cm³/mol. The smallest absolute Gasteiger partial charge is 0.270 e. The van der Waals surface area contributed by atoms with E-state index >= 15 is 0 Å². The lowest BCUT2D eigenvalue weighted by atomic mass is 10.0. The first-order valence-electron chi connectivity index (χ1n) is 7.41. The number of benzene rings is 2. The molecule has 5 nitrogen and oxygen atoms in total. The highest BCUT2D eigenvalue weighted by Gasteiger charge is 2.18. The number of nitrogens with one attached hydrogen (secondary N) is 1. The van der Waals surface area contributed by atoms with Gasteiger partial charge in [-0.1, -0.05) is 18.2 Å². The molecule has 0 radical (unpaired) electrons. The molecule has 0 bridgehead atoms. The van der Waals surface area contributed by atoms with Crippen molar-refractivity contribution in [3.8, 4) is 0 Å². The average molecular weight is 402 g/mol. The van der Waals surface area contributed by atoms with Crippen LogP contribution in [0.3, 0.4) is 0 Å². The van der Waals surface area contributed by atoms with Crippen molar-refractivity contribution in [2.24, 2.45) is 0 Å². The first-order chi connectivity index (χ1) is 12.0. The highest BCUT2D eigenvalue weighted by Crippen LogP contribution is 2.32. The number of nitro groups is 1. The summed E-state index contributed by atoms with van der Waals surface area (Å²) >= 11 is 3.34. The SMILES string of the molecule is O=[N+]([O-])c1ccc(NC(c2cccc(F)c2)c2ccccn2)c(Br)c1. The maximum absolute atomic E-state index is 13.7. The summed E-state index contributed by atoms with van der Waals surface area (Å²) in [5.41, 5.74) is 2.03. The zero-order valence-corrected chi connectivity index (χ0v) is 14.5. The molecule has 0 aliphatic carbocycles. The highest BCUT2D eigenvalue weighted by atomic mass is 79.9. The summed E-state index contributed by atoms with van der Waals surface area (Å²) in [5.74, 6) is -0.344. The van der Waals surface area contributed by atoms with E-state index in [1.54, 1.807) is 30.5 Å². The Morgan fingerprint density at radius 1 is 1.12 bits per heavy atom. The van der Waals surface area contributed by atoms with Crippen LogP contribution in [-0.4, -0.2) is 9.91 Å². The van der Waals surface area contributed by atoms with Crippen LogP contribution < -0.4 is 5.32 Å². The highest BCUT2D eigenvalue weighted by molar-refractivity contribution is 9.10. The van der Waals surface area contributed by atoms with E-state index in [0.29, 0.717) is 21.4 Å². The van der Waals surface area contributed by atoms with Gasteiger partial charge >= 0.3 is 0 Å². The van der Waals surface area contributed by atoms with Crippen molar-refractivity contribution in [3.63, 3.8) is 0 Å². The summed E-state index contributed by atoms with van der Waals surface area (Å²) in [7, 11) is 0. The molecule has 1 N–H and O–H groups in total. The number of halogens is 2. The molecular formula is C18H13BrFN3O2. The number of non-ortho nitro benzene ring substituents is 1. The van der Waals surface area contributed by atoms with Crippen LogP contribution in [0.25, 0.3) is 0 Å². The summed E-state index contributed by atoms with van der Waals surface area (Å²) in [6.07, 6.45) is 1.66. The molecule has 0 saturated carbocycles. The molecule has 0 spiro atoms. The molecule has 0 amide bonds. The lowest BCUT2D eigenvalue weighted by molar-refractivity contribution is -0.384. The molecule has 0 fully saturated rings. The van der Waals surface area contributed by atoms with Crippen molar-refractivity contribution in [1.82, 2.24) is 4.98 Å². The van der Waals surface area contributed by atoms with E-state index in [0.717, 1.165) is 0 Å². The second-order valence-electron chi connectivity index (χ2n) is 5.31. The second kappa shape index (κ2) is 7.40. The lowest BCUT2D eigenvalue weighted by Crippen LogP contribution is -2.14. The predicted octanol–water partition coefficient (Wildman–Crippen LogP) is 5.09. The molecule has 0 aliphatic rings. The van der Waals surface area contributed by atoms with Gasteiger partial charge in [0.25, 0.3) is 5.69 Å². The number of anilines is 1. The average Bonchev–Trinajstić information content (AvgIpc) is 2.61. The van der Waals surface area contributed by atoms with Crippen molar-refractivity contribution in [1.29, 1.82) is 0 Å². The zero-order valence-electron chi connectivity index (χ0n) is 12.9. The molecule has 2 aromatic carbocycles. The van der Waals surface area contributed by atoms with Gasteiger partial charge in [-0.05, 0) is 51.8 Å². The third kappa shape index (κ3) is 4.00. The van der Waals surface area contributed by atoms with Gasteiger partial charge in [-0.25, -0.2) is 4.39 Å². The molecular weight excluding hydrogens is 389 g/mol. The standard InChI is InChI=1S/C18H13BrFN3O2/c19-15-11-14(23(24)25)7-8-16(15)22-18(17-6-1-2-9-21-17)12-4-3-5-13(20)10-12/h1-11,18,22H. The van der Waals surface area contributed by atoms with Gasteiger partial charge in [0.05, 0.1) is 16.7 Å². The molecule has 0 saturated heterocycles. The molecule has 1 aromatic heterocycles. The fourth-order valence-corrected chi connectivity index (χ4v) is 2.93. The van der Waals surface area contributed by atoms with Gasteiger partial charge < -0.3 is 5.32 Å². The summed E-state index contributed by atoms with van der Waals surface area (Å²) in [5, 5.41) is 14.2. The number of pyridine rings is 1.